The number of carbonyl (C=O) groups is 1. The van der Waals surface area contributed by atoms with E-state index in [-0.39, 0.29) is 36.6 Å². The lowest BCUT2D eigenvalue weighted by Crippen LogP contribution is -2.48. The van der Waals surface area contributed by atoms with E-state index in [1.165, 1.54) is 48.5 Å². The van der Waals surface area contributed by atoms with Gasteiger partial charge in [-0.15, -0.1) is 0 Å². The molecule has 1 aliphatic rings. The molecule has 1 aliphatic heterocycles. The molecule has 1 saturated heterocycles. The summed E-state index contributed by atoms with van der Waals surface area (Å²) in [5.74, 6) is -2.88. The molecule has 0 aromatic heterocycles. The van der Waals surface area contributed by atoms with Crippen LogP contribution in [-0.4, -0.2) is 23.2 Å². The summed E-state index contributed by atoms with van der Waals surface area (Å²) >= 11 is 0. The van der Waals surface area contributed by atoms with Gasteiger partial charge in [0, 0.05) is 24.7 Å². The van der Waals surface area contributed by atoms with E-state index in [0.29, 0.717) is 24.2 Å². The van der Waals surface area contributed by atoms with Gasteiger partial charge in [0.1, 0.15) is 29.2 Å². The molecule has 42 heavy (non-hydrogen) atoms. The van der Waals surface area contributed by atoms with E-state index in [1.54, 1.807) is 55.5 Å². The Balaban J connectivity index is 1.67. The van der Waals surface area contributed by atoms with Crippen LogP contribution >= 0.6 is 0 Å². The Morgan fingerprint density at radius 3 is 1.74 bits per heavy atom. The van der Waals surface area contributed by atoms with Gasteiger partial charge < -0.3 is 4.74 Å². The minimum atomic E-state index is -0.854. The topological polar surface area (TPSA) is 41.9 Å². The molecule has 1 unspecified atom stereocenters. The third kappa shape index (κ3) is 6.77. The third-order valence-electron chi connectivity index (χ3n) is 7.50. The number of halogens is 4. The van der Waals surface area contributed by atoms with Gasteiger partial charge in [-0.3, -0.25) is 14.7 Å². The quantitative estimate of drug-likeness (QED) is 0.160. The number of nitrogens with zero attached hydrogens (tertiary/aromatic N) is 2. The Morgan fingerprint density at radius 1 is 0.738 bits per heavy atom. The van der Waals surface area contributed by atoms with E-state index in [2.05, 4.69) is 4.90 Å². The van der Waals surface area contributed by atoms with Crippen LogP contribution in [-0.2, 0) is 22.6 Å². The molecule has 0 radical (unpaired) electrons. The van der Waals surface area contributed by atoms with Gasteiger partial charge in [-0.25, -0.2) is 17.6 Å². The molecule has 4 nitrogen and oxygen atoms in total. The van der Waals surface area contributed by atoms with Crippen molar-refractivity contribution in [2.24, 2.45) is 10.9 Å². The Labute approximate surface area is 242 Å². The van der Waals surface area contributed by atoms with E-state index in [0.717, 1.165) is 16.7 Å². The lowest BCUT2D eigenvalue weighted by Gasteiger charge is -2.46. The highest BCUT2D eigenvalue weighted by Crippen LogP contribution is 2.45. The highest BCUT2D eigenvalue weighted by molar-refractivity contribution is 6.04. The van der Waals surface area contributed by atoms with Crippen LogP contribution in [0.25, 0.3) is 0 Å². The summed E-state index contributed by atoms with van der Waals surface area (Å²) in [7, 11) is 0. The second-order valence-corrected chi connectivity index (χ2v) is 10.2. The van der Waals surface area contributed by atoms with Gasteiger partial charge in [0.05, 0.1) is 19.2 Å². The highest BCUT2D eigenvalue weighted by Gasteiger charge is 2.46. The van der Waals surface area contributed by atoms with Crippen molar-refractivity contribution in [3.8, 4) is 0 Å². The Morgan fingerprint density at radius 2 is 1.21 bits per heavy atom. The van der Waals surface area contributed by atoms with E-state index < -0.39 is 23.7 Å². The molecule has 0 bridgehead atoms. The van der Waals surface area contributed by atoms with Gasteiger partial charge in [0.25, 0.3) is 0 Å². The molecular formula is C34H30F4N2O2. The first-order valence-corrected chi connectivity index (χ1v) is 13.8. The average Bonchev–Trinajstić information content (AvgIpc) is 2.99. The summed E-state index contributed by atoms with van der Waals surface area (Å²) in [5.41, 5.74) is 3.58. The number of hydrogen-bond acceptors (Lipinski definition) is 4. The summed E-state index contributed by atoms with van der Waals surface area (Å²) in [6.45, 7) is 2.39. The molecule has 0 saturated carbocycles. The summed E-state index contributed by atoms with van der Waals surface area (Å²) < 4.78 is 60.9. The lowest BCUT2D eigenvalue weighted by atomic mass is 9.78. The Bertz CT molecular complexity index is 1520. The normalized spacial score (nSPS) is 20.0. The summed E-state index contributed by atoms with van der Waals surface area (Å²) in [6.07, 6.45) is 0.315. The van der Waals surface area contributed by atoms with Crippen LogP contribution in [0.5, 0.6) is 0 Å². The number of aliphatic imine (C=N–C) groups is 1. The minimum absolute atomic E-state index is 0.149. The molecule has 0 amide bonds. The molecule has 0 N–H and O–H groups in total. The highest BCUT2D eigenvalue weighted by atomic mass is 19.1. The van der Waals surface area contributed by atoms with E-state index >= 15 is 0 Å². The fourth-order valence-corrected chi connectivity index (χ4v) is 5.50. The Kier molecular flexibility index (Phi) is 9.12. The summed E-state index contributed by atoms with van der Waals surface area (Å²) in [5, 5.41) is 0. The molecule has 216 valence electrons. The standard InChI is InChI=1S/C34H30F4N2O2/c1-2-42-34(41)32-30(39-20-22-3-11-26(35)12-4-22)19-31(24-7-15-28(37)16-8-24)40(21-23-5-13-27(36)14-6-23)33(32)25-9-17-29(38)18-10-25/h3-18,31-33H,2,19-21H2,1H3/t31-,32?,33+/m1/s1. The molecule has 3 atom stereocenters. The third-order valence-corrected chi connectivity index (χ3v) is 7.50. The van der Waals surface area contributed by atoms with Crippen molar-refractivity contribution in [1.82, 2.24) is 4.90 Å². The molecular weight excluding hydrogens is 544 g/mol. The van der Waals surface area contributed by atoms with Crippen molar-refractivity contribution in [2.75, 3.05) is 6.61 Å². The molecule has 4 aromatic carbocycles. The van der Waals surface area contributed by atoms with E-state index in [4.69, 9.17) is 9.73 Å². The monoisotopic (exact) mass is 574 g/mol. The van der Waals surface area contributed by atoms with E-state index in [9.17, 15) is 22.4 Å². The van der Waals surface area contributed by atoms with Crippen molar-refractivity contribution >= 4 is 11.7 Å². The molecule has 1 heterocycles. The van der Waals surface area contributed by atoms with Crippen molar-refractivity contribution in [3.05, 3.63) is 143 Å². The molecule has 0 aliphatic carbocycles. The zero-order valence-corrected chi connectivity index (χ0v) is 23.0. The van der Waals surface area contributed by atoms with Crippen LogP contribution in [0.3, 0.4) is 0 Å². The van der Waals surface area contributed by atoms with Gasteiger partial charge in [-0.05, 0) is 77.7 Å². The zero-order valence-electron chi connectivity index (χ0n) is 23.0. The summed E-state index contributed by atoms with van der Waals surface area (Å²) in [4.78, 5) is 20.7. The molecule has 5 rings (SSSR count). The average molecular weight is 575 g/mol. The molecule has 1 fully saturated rings. The molecule has 0 spiro atoms. The maximum Gasteiger partial charge on any atom is 0.316 e. The van der Waals surface area contributed by atoms with Crippen LogP contribution in [0, 0.1) is 29.2 Å². The smallest absolute Gasteiger partial charge is 0.316 e. The predicted molar refractivity (Wildman–Crippen MR) is 153 cm³/mol. The van der Waals surface area contributed by atoms with Crippen molar-refractivity contribution in [1.29, 1.82) is 0 Å². The number of piperidine rings is 1. The first-order valence-electron chi connectivity index (χ1n) is 13.8. The van der Waals surface area contributed by atoms with Crippen molar-refractivity contribution in [3.63, 3.8) is 0 Å². The van der Waals surface area contributed by atoms with Gasteiger partial charge >= 0.3 is 5.97 Å². The van der Waals surface area contributed by atoms with Crippen molar-refractivity contribution < 1.29 is 27.1 Å². The van der Waals surface area contributed by atoms with Crippen LogP contribution in [0.2, 0.25) is 0 Å². The number of carbonyl (C=O) groups excluding carboxylic acids is 1. The second-order valence-electron chi connectivity index (χ2n) is 10.2. The first-order chi connectivity index (χ1) is 20.3. The number of rotatable bonds is 8. The van der Waals surface area contributed by atoms with Gasteiger partial charge in [-0.1, -0.05) is 48.5 Å². The van der Waals surface area contributed by atoms with Crippen molar-refractivity contribution in [2.45, 2.75) is 38.5 Å². The predicted octanol–water partition coefficient (Wildman–Crippen LogP) is 7.75. The zero-order chi connectivity index (χ0) is 29.6. The fourth-order valence-electron chi connectivity index (χ4n) is 5.50. The SMILES string of the molecule is CCOC(=O)C1C(=NCc2ccc(F)cc2)C[C@H](c2ccc(F)cc2)N(Cc2ccc(F)cc2)[C@H]1c1ccc(F)cc1. The van der Waals surface area contributed by atoms with Gasteiger partial charge in [0.15, 0.2) is 0 Å². The molecule has 4 aromatic rings. The van der Waals surface area contributed by atoms with Crippen LogP contribution in [0.15, 0.2) is 102 Å². The minimum Gasteiger partial charge on any atom is -0.465 e. The number of hydrogen-bond donors (Lipinski definition) is 0. The fraction of sp³-hybridized carbons (Fsp3) is 0.235. The number of ether oxygens (including phenoxy) is 1. The van der Waals surface area contributed by atoms with Crippen LogP contribution < -0.4 is 0 Å². The number of esters is 1. The van der Waals surface area contributed by atoms with Crippen LogP contribution in [0.1, 0.15) is 47.7 Å². The number of benzene rings is 4. The Hall–Kier alpha value is -4.30. The maximum absolute atomic E-state index is 14.1. The first kappa shape index (κ1) is 29.2. The largest absolute Gasteiger partial charge is 0.465 e. The summed E-state index contributed by atoms with van der Waals surface area (Å²) in [6, 6.07) is 23.2. The second kappa shape index (κ2) is 13.1. The van der Waals surface area contributed by atoms with Gasteiger partial charge in [0.2, 0.25) is 0 Å². The lowest BCUT2D eigenvalue weighted by molar-refractivity contribution is -0.149. The van der Waals surface area contributed by atoms with Gasteiger partial charge in [-0.2, -0.15) is 0 Å². The molecule has 8 heteroatoms. The van der Waals surface area contributed by atoms with E-state index in [1.807, 2.05) is 0 Å². The number of likely N-dealkylation sites (tertiary alicyclic amines) is 1. The van der Waals surface area contributed by atoms with Crippen LogP contribution in [0.4, 0.5) is 17.6 Å². The maximum atomic E-state index is 14.1.